The van der Waals surface area contributed by atoms with Crippen molar-refractivity contribution < 1.29 is 24.5 Å². The number of aliphatic carboxylic acids is 1. The van der Waals surface area contributed by atoms with Gasteiger partial charge in [0.15, 0.2) is 0 Å². The molecule has 0 unspecified atom stereocenters. The minimum absolute atomic E-state index is 0.106. The van der Waals surface area contributed by atoms with Gasteiger partial charge in [0, 0.05) is 28.5 Å². The lowest BCUT2D eigenvalue weighted by Crippen LogP contribution is -2.42. The third-order valence-electron chi connectivity index (χ3n) is 8.07. The monoisotopic (exact) mass is 524 g/mol. The van der Waals surface area contributed by atoms with Crippen molar-refractivity contribution in [2.45, 2.75) is 57.0 Å². The van der Waals surface area contributed by atoms with E-state index in [1.807, 2.05) is 36.4 Å². The average molecular weight is 525 g/mol. The number of aromatic hydroxyl groups is 1. The van der Waals surface area contributed by atoms with E-state index in [2.05, 4.69) is 16.0 Å². The molecule has 7 nitrogen and oxygen atoms in total. The topological polar surface area (TPSA) is 101 Å². The second-order valence-corrected chi connectivity index (χ2v) is 10.6. The first kappa shape index (κ1) is 25.0. The Labute approximate surface area is 227 Å². The Balaban J connectivity index is 1.39. The molecule has 0 saturated heterocycles. The van der Waals surface area contributed by atoms with E-state index in [9.17, 15) is 19.8 Å². The molecule has 2 heterocycles. The number of carboxylic acids is 1. The first-order chi connectivity index (χ1) is 19.0. The van der Waals surface area contributed by atoms with Gasteiger partial charge in [-0.25, -0.2) is 4.79 Å². The van der Waals surface area contributed by atoms with Crippen molar-refractivity contribution in [1.29, 1.82) is 0 Å². The van der Waals surface area contributed by atoms with Crippen LogP contribution in [0.25, 0.3) is 22.2 Å². The summed E-state index contributed by atoms with van der Waals surface area (Å²) in [5.41, 5.74) is 5.71. The van der Waals surface area contributed by atoms with Crippen LogP contribution >= 0.6 is 0 Å². The number of rotatable bonds is 6. The molecule has 1 amide bonds. The zero-order valence-corrected chi connectivity index (χ0v) is 21.7. The molecular formula is C32H32N2O5. The molecule has 0 spiro atoms. The highest BCUT2D eigenvalue weighted by Gasteiger charge is 2.30. The molecule has 1 atom stereocenters. The van der Waals surface area contributed by atoms with Crippen molar-refractivity contribution in [2.24, 2.45) is 0 Å². The molecule has 1 aromatic heterocycles. The normalized spacial score (nSPS) is 16.0. The number of nitrogens with zero attached hydrogens (tertiary/aromatic N) is 1. The number of fused-ring (bicyclic) bond motifs is 5. The van der Waals surface area contributed by atoms with E-state index in [0.717, 1.165) is 35.1 Å². The fourth-order valence-corrected chi connectivity index (χ4v) is 6.19. The van der Waals surface area contributed by atoms with E-state index >= 15 is 0 Å². The van der Waals surface area contributed by atoms with Gasteiger partial charge in [0.25, 0.3) is 5.91 Å². The lowest BCUT2D eigenvalue weighted by Gasteiger charge is -2.23. The minimum atomic E-state index is -1.11. The maximum atomic E-state index is 13.3. The first-order valence-corrected chi connectivity index (χ1v) is 13.7. The van der Waals surface area contributed by atoms with Crippen LogP contribution < -0.4 is 10.1 Å². The average Bonchev–Trinajstić information content (AvgIpc) is 3.15. The number of amides is 1. The molecule has 1 aliphatic carbocycles. The zero-order valence-electron chi connectivity index (χ0n) is 21.7. The highest BCUT2D eigenvalue weighted by atomic mass is 16.5. The quantitative estimate of drug-likeness (QED) is 0.292. The Kier molecular flexibility index (Phi) is 6.73. The van der Waals surface area contributed by atoms with E-state index < -0.39 is 17.9 Å². The number of nitrogens with one attached hydrogen (secondary N) is 1. The molecule has 39 heavy (non-hydrogen) atoms. The van der Waals surface area contributed by atoms with E-state index in [1.54, 1.807) is 12.1 Å². The maximum Gasteiger partial charge on any atom is 0.326 e. The van der Waals surface area contributed by atoms with E-state index in [0.29, 0.717) is 30.2 Å². The van der Waals surface area contributed by atoms with Gasteiger partial charge in [-0.1, -0.05) is 49.6 Å². The lowest BCUT2D eigenvalue weighted by molar-refractivity contribution is -0.139. The van der Waals surface area contributed by atoms with Crippen molar-refractivity contribution in [3.8, 4) is 22.8 Å². The third-order valence-corrected chi connectivity index (χ3v) is 8.07. The molecule has 2 aliphatic rings. The molecule has 200 valence electrons. The Morgan fingerprint density at radius 1 is 1.00 bits per heavy atom. The van der Waals surface area contributed by atoms with Gasteiger partial charge in [-0.05, 0) is 66.3 Å². The number of carbonyl (C=O) groups is 2. The van der Waals surface area contributed by atoms with Crippen LogP contribution in [0.15, 0.2) is 66.7 Å². The molecular weight excluding hydrogens is 492 g/mol. The number of phenols is 1. The van der Waals surface area contributed by atoms with Crippen molar-refractivity contribution in [3.05, 3.63) is 83.4 Å². The van der Waals surface area contributed by atoms with Crippen LogP contribution in [0.3, 0.4) is 0 Å². The fraction of sp³-hybridized carbons (Fsp3) is 0.312. The predicted octanol–water partition coefficient (Wildman–Crippen LogP) is 5.88. The van der Waals surface area contributed by atoms with Gasteiger partial charge in [0.2, 0.25) is 0 Å². The number of hydrogen-bond donors (Lipinski definition) is 3. The largest absolute Gasteiger partial charge is 0.508 e. The molecule has 0 radical (unpaired) electrons. The van der Waals surface area contributed by atoms with Gasteiger partial charge in [-0.2, -0.15) is 0 Å². The van der Waals surface area contributed by atoms with Gasteiger partial charge in [-0.3, -0.25) is 4.79 Å². The van der Waals surface area contributed by atoms with Crippen LogP contribution in [0.5, 0.6) is 11.5 Å². The third kappa shape index (κ3) is 4.85. The predicted molar refractivity (Wildman–Crippen MR) is 149 cm³/mol. The van der Waals surface area contributed by atoms with Crippen molar-refractivity contribution >= 4 is 22.8 Å². The van der Waals surface area contributed by atoms with Gasteiger partial charge in [0.05, 0.1) is 12.2 Å². The molecule has 7 heteroatoms. The molecule has 1 fully saturated rings. The van der Waals surface area contributed by atoms with Crippen LogP contribution in [0.1, 0.15) is 59.5 Å². The molecule has 1 aliphatic heterocycles. The summed E-state index contributed by atoms with van der Waals surface area (Å²) in [5.74, 6) is -0.0990. The summed E-state index contributed by atoms with van der Waals surface area (Å²) in [7, 11) is 0. The molecule has 1 saturated carbocycles. The highest BCUT2D eigenvalue weighted by Crippen LogP contribution is 2.47. The summed E-state index contributed by atoms with van der Waals surface area (Å²) in [6.45, 7) is 1.19. The molecule has 3 aromatic carbocycles. The standard InChI is InChI=1S/C32H32N2O5/c35-23-13-10-20(11-14-23)18-26(32(37)38)33-31(36)22-12-15-24-27(19-22)34-16-17-39-28-9-5-4-8-25(28)30(34)29(24)21-6-2-1-3-7-21/h4-5,8-15,19,21,26,35H,1-3,6-7,16-18H2,(H,33,36)(H,37,38)/t26-/m1/s1. The first-order valence-electron chi connectivity index (χ1n) is 13.7. The van der Waals surface area contributed by atoms with Crippen LogP contribution in [0, 0.1) is 0 Å². The fourth-order valence-electron chi connectivity index (χ4n) is 6.19. The number of para-hydroxylation sites is 1. The van der Waals surface area contributed by atoms with Crippen LogP contribution in [0.2, 0.25) is 0 Å². The number of carbonyl (C=O) groups excluding carboxylic acids is 1. The molecule has 0 bridgehead atoms. The summed E-state index contributed by atoms with van der Waals surface area (Å²) in [4.78, 5) is 25.3. The van der Waals surface area contributed by atoms with Crippen LogP contribution in [-0.4, -0.2) is 39.3 Å². The summed E-state index contributed by atoms with van der Waals surface area (Å²) in [6, 6.07) is 19.2. The number of aromatic nitrogens is 1. The van der Waals surface area contributed by atoms with Crippen molar-refractivity contribution in [1.82, 2.24) is 9.88 Å². The summed E-state index contributed by atoms with van der Waals surface area (Å²) in [6.07, 6.45) is 6.11. The summed E-state index contributed by atoms with van der Waals surface area (Å²) >= 11 is 0. The SMILES string of the molecule is O=C(N[C@H](Cc1ccc(O)cc1)C(=O)O)c1ccc2c(C3CCCCC3)c3n(c2c1)CCOc1ccccc1-3. The Hall–Kier alpha value is -4.26. The Morgan fingerprint density at radius 2 is 1.77 bits per heavy atom. The maximum absolute atomic E-state index is 13.3. The highest BCUT2D eigenvalue weighted by molar-refractivity contribution is 6.02. The Morgan fingerprint density at radius 3 is 2.54 bits per heavy atom. The van der Waals surface area contributed by atoms with E-state index in [1.165, 1.54) is 42.7 Å². The number of hydrogen-bond acceptors (Lipinski definition) is 4. The summed E-state index contributed by atoms with van der Waals surface area (Å²) in [5, 5.41) is 23.2. The lowest BCUT2D eigenvalue weighted by atomic mass is 9.81. The summed E-state index contributed by atoms with van der Waals surface area (Å²) < 4.78 is 8.40. The molecule has 4 aromatic rings. The zero-order chi connectivity index (χ0) is 26.9. The van der Waals surface area contributed by atoms with Crippen LogP contribution in [0.4, 0.5) is 0 Å². The van der Waals surface area contributed by atoms with Crippen molar-refractivity contribution in [2.75, 3.05) is 6.61 Å². The second kappa shape index (κ2) is 10.5. The van der Waals surface area contributed by atoms with Crippen LogP contribution in [-0.2, 0) is 17.8 Å². The Bertz CT molecular complexity index is 1530. The van der Waals surface area contributed by atoms with Gasteiger partial charge in [-0.15, -0.1) is 0 Å². The molecule has 3 N–H and O–H groups in total. The second-order valence-electron chi connectivity index (χ2n) is 10.6. The number of ether oxygens (including phenoxy) is 1. The van der Waals surface area contributed by atoms with Crippen molar-refractivity contribution in [3.63, 3.8) is 0 Å². The van der Waals surface area contributed by atoms with Gasteiger partial charge >= 0.3 is 5.97 Å². The number of carboxylic acid groups (broad SMARTS) is 1. The van der Waals surface area contributed by atoms with E-state index in [-0.39, 0.29) is 12.2 Å². The van der Waals surface area contributed by atoms with Gasteiger partial charge in [0.1, 0.15) is 24.1 Å². The number of phenolic OH excluding ortho intramolecular Hbond substituents is 1. The minimum Gasteiger partial charge on any atom is -0.508 e. The van der Waals surface area contributed by atoms with E-state index in [4.69, 9.17) is 4.74 Å². The smallest absolute Gasteiger partial charge is 0.326 e. The molecule has 6 rings (SSSR count). The number of benzene rings is 3. The van der Waals surface area contributed by atoms with Gasteiger partial charge < -0.3 is 24.8 Å².